The second kappa shape index (κ2) is 10.0. The van der Waals surface area contributed by atoms with Gasteiger partial charge in [0.05, 0.1) is 11.9 Å². The van der Waals surface area contributed by atoms with Crippen LogP contribution in [0.3, 0.4) is 0 Å². The summed E-state index contributed by atoms with van der Waals surface area (Å²) in [4.78, 5) is 12.1. The van der Waals surface area contributed by atoms with E-state index in [-0.39, 0.29) is 11.8 Å². The van der Waals surface area contributed by atoms with E-state index in [0.717, 1.165) is 22.9 Å². The molecule has 0 aliphatic heterocycles. The number of carbonyl (C=O) groups excluding carboxylic acids is 1. The number of benzene rings is 2. The van der Waals surface area contributed by atoms with Crippen molar-refractivity contribution in [2.75, 3.05) is 17.6 Å². The monoisotopic (exact) mass is 501 g/mol. The Morgan fingerprint density at radius 3 is 2.46 bits per heavy atom. The average molecular weight is 502 g/mol. The molecule has 0 aliphatic carbocycles. The van der Waals surface area contributed by atoms with Crippen molar-refractivity contribution in [3.63, 3.8) is 0 Å². The molecule has 35 heavy (non-hydrogen) atoms. The highest BCUT2D eigenvalue weighted by molar-refractivity contribution is 7.92. The molecule has 1 unspecified atom stereocenters. The molecule has 0 radical (unpaired) electrons. The van der Waals surface area contributed by atoms with Gasteiger partial charge in [-0.15, -0.1) is 10.2 Å². The molecule has 2 aromatic carbocycles. The fourth-order valence-electron chi connectivity index (χ4n) is 3.32. The number of nitrogens with two attached hydrogens (primary N) is 1. The molecule has 1 aromatic heterocycles. The summed E-state index contributed by atoms with van der Waals surface area (Å²) >= 11 is 0. The minimum absolute atomic E-state index is 0.174. The Hall–Kier alpha value is -3.44. The van der Waals surface area contributed by atoms with E-state index in [4.69, 9.17) is 14.9 Å². The second-order valence-electron chi connectivity index (χ2n) is 9.17. The van der Waals surface area contributed by atoms with Crippen molar-refractivity contribution in [3.8, 4) is 22.6 Å². The Kier molecular flexibility index (Phi) is 7.51. The Morgan fingerprint density at radius 2 is 1.83 bits per heavy atom. The minimum Gasteiger partial charge on any atom is -0.444 e. The normalized spacial score (nSPS) is 12.8. The van der Waals surface area contributed by atoms with Gasteiger partial charge in [0.1, 0.15) is 11.6 Å². The van der Waals surface area contributed by atoms with E-state index in [1.165, 1.54) is 11.4 Å². The second-order valence-corrected chi connectivity index (χ2v) is 11.2. The zero-order valence-corrected chi connectivity index (χ0v) is 21.5. The first kappa shape index (κ1) is 26.2. The van der Waals surface area contributed by atoms with Gasteiger partial charge in [0.15, 0.2) is 0 Å². The van der Waals surface area contributed by atoms with Gasteiger partial charge in [-0.05, 0) is 62.6 Å². The third-order valence-electron chi connectivity index (χ3n) is 5.12. The standard InChI is InChI=1S/C24H31N5O5S/c1-15(26-23(30)34-24(2,3)4)21-27-28-22(33-21)18-11-17(20-10-8-7-9-16(20)14-25)12-19(13-18)29(5)35(6,31)32/h7-13,15H,14,25H2,1-6H3,(H,26,30). The number of carbonyl (C=O) groups is 1. The predicted octanol–water partition coefficient (Wildman–Crippen LogP) is 3.84. The summed E-state index contributed by atoms with van der Waals surface area (Å²) in [7, 11) is -2.05. The fourth-order valence-corrected chi connectivity index (χ4v) is 3.80. The zero-order valence-electron chi connectivity index (χ0n) is 20.7. The molecule has 1 amide bonds. The Morgan fingerprint density at radius 1 is 1.17 bits per heavy atom. The maximum atomic E-state index is 12.2. The Bertz CT molecular complexity index is 1310. The van der Waals surface area contributed by atoms with Crippen molar-refractivity contribution in [1.29, 1.82) is 0 Å². The molecule has 0 saturated heterocycles. The van der Waals surface area contributed by atoms with Gasteiger partial charge in [0.2, 0.25) is 21.8 Å². The number of aromatic nitrogens is 2. The summed E-state index contributed by atoms with van der Waals surface area (Å²) < 4.78 is 36.8. The van der Waals surface area contributed by atoms with Gasteiger partial charge in [-0.3, -0.25) is 4.31 Å². The van der Waals surface area contributed by atoms with Crippen LogP contribution in [0.4, 0.5) is 10.5 Å². The van der Waals surface area contributed by atoms with Gasteiger partial charge in [-0.2, -0.15) is 0 Å². The van der Waals surface area contributed by atoms with E-state index >= 15 is 0 Å². The first-order valence-corrected chi connectivity index (χ1v) is 12.8. The van der Waals surface area contributed by atoms with Crippen LogP contribution in [-0.2, 0) is 21.3 Å². The first-order chi connectivity index (χ1) is 16.3. The van der Waals surface area contributed by atoms with Gasteiger partial charge in [-0.1, -0.05) is 24.3 Å². The van der Waals surface area contributed by atoms with Crippen LogP contribution in [-0.4, -0.2) is 43.6 Å². The van der Waals surface area contributed by atoms with E-state index in [0.29, 0.717) is 17.8 Å². The number of rotatable bonds is 7. The molecule has 0 saturated carbocycles. The maximum Gasteiger partial charge on any atom is 0.408 e. The molecule has 0 spiro atoms. The summed E-state index contributed by atoms with van der Waals surface area (Å²) in [5.74, 6) is 0.352. The molecule has 0 aliphatic rings. The van der Waals surface area contributed by atoms with E-state index in [9.17, 15) is 13.2 Å². The largest absolute Gasteiger partial charge is 0.444 e. The van der Waals surface area contributed by atoms with E-state index < -0.39 is 27.8 Å². The number of hydrogen-bond acceptors (Lipinski definition) is 8. The fraction of sp³-hybridized carbons (Fsp3) is 0.375. The van der Waals surface area contributed by atoms with Crippen LogP contribution in [0.2, 0.25) is 0 Å². The molecule has 11 heteroatoms. The molecule has 3 aromatic rings. The molecule has 188 valence electrons. The summed E-state index contributed by atoms with van der Waals surface area (Å²) in [5.41, 5.74) is 8.73. The number of ether oxygens (including phenoxy) is 1. The highest BCUT2D eigenvalue weighted by atomic mass is 32.2. The van der Waals surface area contributed by atoms with E-state index in [1.807, 2.05) is 30.3 Å². The molecular formula is C24H31N5O5S. The van der Waals surface area contributed by atoms with Crippen molar-refractivity contribution < 1.29 is 22.4 Å². The third kappa shape index (κ3) is 6.58. The van der Waals surface area contributed by atoms with Crippen LogP contribution >= 0.6 is 0 Å². The van der Waals surface area contributed by atoms with Crippen molar-refractivity contribution in [3.05, 3.63) is 53.9 Å². The minimum atomic E-state index is -3.53. The van der Waals surface area contributed by atoms with Gasteiger partial charge in [0, 0.05) is 19.2 Å². The molecular weight excluding hydrogens is 470 g/mol. The molecule has 3 rings (SSSR count). The number of hydrogen-bond donors (Lipinski definition) is 2. The van der Waals surface area contributed by atoms with Crippen LogP contribution in [0.15, 0.2) is 46.9 Å². The highest BCUT2D eigenvalue weighted by Crippen LogP contribution is 2.34. The number of nitrogens with one attached hydrogen (secondary N) is 1. The SMILES string of the molecule is CC(NC(=O)OC(C)(C)C)c1nnc(-c2cc(-c3ccccc3CN)cc(N(C)S(C)(=O)=O)c2)o1. The summed E-state index contributed by atoms with van der Waals surface area (Å²) in [5, 5.41) is 10.9. The molecule has 10 nitrogen and oxygen atoms in total. The molecule has 3 N–H and O–H groups in total. The Labute approximate surface area is 205 Å². The van der Waals surface area contributed by atoms with E-state index in [1.54, 1.807) is 39.8 Å². The van der Waals surface area contributed by atoms with Gasteiger partial charge < -0.3 is 20.2 Å². The van der Waals surface area contributed by atoms with Crippen molar-refractivity contribution >= 4 is 21.8 Å². The van der Waals surface area contributed by atoms with Gasteiger partial charge >= 0.3 is 6.09 Å². The maximum absolute atomic E-state index is 12.2. The van der Waals surface area contributed by atoms with Gasteiger partial charge in [0.25, 0.3) is 0 Å². The predicted molar refractivity (Wildman–Crippen MR) is 134 cm³/mol. The Balaban J connectivity index is 2.02. The number of nitrogens with zero attached hydrogens (tertiary/aromatic N) is 3. The molecule has 1 heterocycles. The lowest BCUT2D eigenvalue weighted by Gasteiger charge is -2.20. The van der Waals surface area contributed by atoms with Crippen LogP contribution in [0.5, 0.6) is 0 Å². The van der Waals surface area contributed by atoms with Crippen LogP contribution in [0, 0.1) is 0 Å². The zero-order chi connectivity index (χ0) is 26.0. The first-order valence-electron chi connectivity index (χ1n) is 11.0. The lowest BCUT2D eigenvalue weighted by atomic mass is 9.97. The lowest BCUT2D eigenvalue weighted by molar-refractivity contribution is 0.0501. The van der Waals surface area contributed by atoms with Crippen LogP contribution in [0.1, 0.15) is 45.2 Å². The smallest absolute Gasteiger partial charge is 0.408 e. The molecule has 0 bridgehead atoms. The van der Waals surface area contributed by atoms with Crippen molar-refractivity contribution in [2.24, 2.45) is 5.73 Å². The topological polar surface area (TPSA) is 141 Å². The number of sulfonamides is 1. The summed E-state index contributed by atoms with van der Waals surface area (Å²) in [6.45, 7) is 7.31. The summed E-state index contributed by atoms with van der Waals surface area (Å²) in [6.07, 6.45) is 0.518. The quantitative estimate of drug-likeness (QED) is 0.497. The van der Waals surface area contributed by atoms with Crippen LogP contribution in [0.25, 0.3) is 22.6 Å². The van der Waals surface area contributed by atoms with E-state index in [2.05, 4.69) is 15.5 Å². The van der Waals surface area contributed by atoms with Crippen molar-refractivity contribution in [1.82, 2.24) is 15.5 Å². The summed E-state index contributed by atoms with van der Waals surface area (Å²) in [6, 6.07) is 12.2. The molecule has 0 fully saturated rings. The number of amides is 1. The van der Waals surface area contributed by atoms with Gasteiger partial charge in [-0.25, -0.2) is 13.2 Å². The number of anilines is 1. The molecule has 1 atom stereocenters. The third-order valence-corrected chi connectivity index (χ3v) is 6.32. The lowest BCUT2D eigenvalue weighted by Crippen LogP contribution is -2.34. The number of alkyl carbamates (subject to hydrolysis) is 1. The van der Waals surface area contributed by atoms with Crippen molar-refractivity contribution in [2.45, 2.75) is 45.9 Å². The highest BCUT2D eigenvalue weighted by Gasteiger charge is 2.23. The average Bonchev–Trinajstić information content (AvgIpc) is 3.27. The van der Waals surface area contributed by atoms with Crippen LogP contribution < -0.4 is 15.4 Å².